The lowest BCUT2D eigenvalue weighted by Gasteiger charge is -1.99. The van der Waals surface area contributed by atoms with Crippen LogP contribution in [0.1, 0.15) is 5.56 Å². The number of hydrogen-bond donors (Lipinski definition) is 1. The summed E-state index contributed by atoms with van der Waals surface area (Å²) in [4.78, 5) is 1.16. The molecule has 0 atom stereocenters. The molecule has 1 nitrogen and oxygen atoms in total. The van der Waals surface area contributed by atoms with Crippen molar-refractivity contribution in [1.29, 1.82) is 0 Å². The highest BCUT2D eigenvalue weighted by Crippen LogP contribution is 2.18. The van der Waals surface area contributed by atoms with E-state index in [0.717, 1.165) is 4.90 Å². The van der Waals surface area contributed by atoms with Crippen LogP contribution in [0.15, 0.2) is 29.2 Å². The molecule has 0 saturated heterocycles. The molecule has 0 radical (unpaired) electrons. The Hall–Kier alpha value is -0.180. The number of halogens is 1. The Morgan fingerprint density at radius 2 is 2.10 bits per heavy atom. The molecule has 10 heavy (non-hydrogen) atoms. The van der Waals surface area contributed by atoms with Gasteiger partial charge in [0.1, 0.15) is 0 Å². The van der Waals surface area contributed by atoms with E-state index in [1.54, 1.807) is 0 Å². The van der Waals surface area contributed by atoms with E-state index in [2.05, 4.69) is 17.2 Å². The minimum absolute atomic E-state index is 1.16. The second-order valence-electron chi connectivity index (χ2n) is 1.94. The molecule has 0 bridgehead atoms. The van der Waals surface area contributed by atoms with E-state index in [1.807, 2.05) is 18.2 Å². The van der Waals surface area contributed by atoms with Gasteiger partial charge in [-0.15, -0.1) is 0 Å². The van der Waals surface area contributed by atoms with Crippen LogP contribution in [-0.2, 0) is 0 Å². The standard InChI is InChI=1S/C7H8ClNS/c1-6-4-2-3-5-7(6)10-9-8/h2-5,9H,1H3. The summed E-state index contributed by atoms with van der Waals surface area (Å²) < 4.78 is 2.51. The van der Waals surface area contributed by atoms with Gasteiger partial charge in [-0.3, -0.25) is 0 Å². The zero-order valence-electron chi connectivity index (χ0n) is 5.60. The molecule has 1 aromatic carbocycles. The molecule has 1 rings (SSSR count). The van der Waals surface area contributed by atoms with Crippen LogP contribution in [0.5, 0.6) is 0 Å². The Morgan fingerprint density at radius 1 is 1.40 bits per heavy atom. The van der Waals surface area contributed by atoms with Crippen LogP contribution in [-0.4, -0.2) is 0 Å². The molecule has 54 valence electrons. The third kappa shape index (κ3) is 1.90. The van der Waals surface area contributed by atoms with Crippen LogP contribution in [0.4, 0.5) is 0 Å². The predicted molar refractivity (Wildman–Crippen MR) is 46.0 cm³/mol. The molecule has 0 heterocycles. The van der Waals surface area contributed by atoms with E-state index < -0.39 is 0 Å². The van der Waals surface area contributed by atoms with Crippen LogP contribution < -0.4 is 4.24 Å². The summed E-state index contributed by atoms with van der Waals surface area (Å²) in [7, 11) is 0. The van der Waals surface area contributed by atoms with Crippen molar-refractivity contribution >= 4 is 23.7 Å². The second kappa shape index (κ2) is 3.86. The Balaban J connectivity index is 2.81. The third-order valence-electron chi connectivity index (χ3n) is 1.24. The molecule has 3 heteroatoms. The zero-order chi connectivity index (χ0) is 7.40. The number of nitrogens with one attached hydrogen (secondary N) is 1. The van der Waals surface area contributed by atoms with Gasteiger partial charge in [-0.1, -0.05) is 18.2 Å². The summed E-state index contributed by atoms with van der Waals surface area (Å²) >= 11 is 6.74. The smallest absolute Gasteiger partial charge is 0.0268 e. The number of rotatable bonds is 2. The molecule has 0 aromatic heterocycles. The third-order valence-corrected chi connectivity index (χ3v) is 2.23. The van der Waals surface area contributed by atoms with Gasteiger partial charge in [-0.2, -0.15) is 4.24 Å². The first-order chi connectivity index (χ1) is 4.84. The quantitative estimate of drug-likeness (QED) is 0.545. The SMILES string of the molecule is Cc1ccccc1SNCl. The first-order valence-corrected chi connectivity index (χ1v) is 4.12. The molecule has 0 saturated carbocycles. The summed E-state index contributed by atoms with van der Waals surface area (Å²) in [6, 6.07) is 8.07. The highest BCUT2D eigenvalue weighted by Gasteiger charge is 1.93. The van der Waals surface area contributed by atoms with Gasteiger partial charge in [-0.05, 0) is 42.3 Å². The van der Waals surface area contributed by atoms with Crippen LogP contribution >= 0.6 is 23.7 Å². The number of benzene rings is 1. The van der Waals surface area contributed by atoms with Gasteiger partial charge in [0.05, 0.1) is 0 Å². The van der Waals surface area contributed by atoms with Crippen molar-refractivity contribution in [3.63, 3.8) is 0 Å². The lowest BCUT2D eigenvalue weighted by Crippen LogP contribution is -1.84. The van der Waals surface area contributed by atoms with Gasteiger partial charge in [0, 0.05) is 4.90 Å². The number of aryl methyl sites for hydroxylation is 1. The fraction of sp³-hybridized carbons (Fsp3) is 0.143. The van der Waals surface area contributed by atoms with Gasteiger partial charge in [0.15, 0.2) is 0 Å². The maximum Gasteiger partial charge on any atom is 0.0268 e. The van der Waals surface area contributed by atoms with E-state index in [9.17, 15) is 0 Å². The molecule has 0 spiro atoms. The molecule has 0 fully saturated rings. The van der Waals surface area contributed by atoms with Crippen molar-refractivity contribution in [2.75, 3.05) is 0 Å². The van der Waals surface area contributed by atoms with Crippen molar-refractivity contribution in [3.8, 4) is 0 Å². The first-order valence-electron chi connectivity index (χ1n) is 2.92. The summed E-state index contributed by atoms with van der Waals surface area (Å²) in [5, 5.41) is 0. The molecule has 0 unspecified atom stereocenters. The average Bonchev–Trinajstić information content (AvgIpc) is 1.94. The van der Waals surface area contributed by atoms with Crippen LogP contribution in [0.2, 0.25) is 0 Å². The van der Waals surface area contributed by atoms with Gasteiger partial charge in [-0.25, -0.2) is 0 Å². The summed E-state index contributed by atoms with van der Waals surface area (Å²) in [5.41, 5.74) is 1.24. The average molecular weight is 174 g/mol. The predicted octanol–water partition coefficient (Wildman–Crippen LogP) is 2.75. The molecular formula is C7H8ClNS. The highest BCUT2D eigenvalue weighted by molar-refractivity contribution is 7.98. The van der Waals surface area contributed by atoms with Crippen molar-refractivity contribution in [2.45, 2.75) is 11.8 Å². The fourth-order valence-electron chi connectivity index (χ4n) is 0.712. The Morgan fingerprint density at radius 3 is 2.70 bits per heavy atom. The summed E-state index contributed by atoms with van der Waals surface area (Å²) in [6.07, 6.45) is 0. The van der Waals surface area contributed by atoms with E-state index >= 15 is 0 Å². The fourth-order valence-corrected chi connectivity index (χ4v) is 1.42. The van der Waals surface area contributed by atoms with Crippen molar-refractivity contribution in [1.82, 2.24) is 4.24 Å². The Bertz CT molecular complexity index is 215. The molecule has 0 aliphatic carbocycles. The minimum atomic E-state index is 1.16. The maximum atomic E-state index is 5.32. The van der Waals surface area contributed by atoms with Crippen LogP contribution in [0.25, 0.3) is 0 Å². The van der Waals surface area contributed by atoms with Crippen molar-refractivity contribution in [3.05, 3.63) is 29.8 Å². The lowest BCUT2D eigenvalue weighted by molar-refractivity contribution is 1.30. The van der Waals surface area contributed by atoms with E-state index in [0.29, 0.717) is 0 Å². The lowest BCUT2D eigenvalue weighted by atomic mass is 10.2. The largest absolute Gasteiger partial charge is 0.172 e. The Labute approximate surface area is 70.0 Å². The van der Waals surface area contributed by atoms with E-state index in [1.165, 1.54) is 17.5 Å². The molecule has 0 aliphatic heterocycles. The topological polar surface area (TPSA) is 12.0 Å². The Kier molecular flexibility index (Phi) is 3.06. The van der Waals surface area contributed by atoms with E-state index in [-0.39, 0.29) is 0 Å². The second-order valence-corrected chi connectivity index (χ2v) is 3.21. The van der Waals surface area contributed by atoms with Gasteiger partial charge in [0.25, 0.3) is 0 Å². The molecule has 1 N–H and O–H groups in total. The maximum absolute atomic E-state index is 5.32. The zero-order valence-corrected chi connectivity index (χ0v) is 7.17. The highest BCUT2D eigenvalue weighted by atomic mass is 35.5. The molecular weight excluding hydrogens is 166 g/mol. The van der Waals surface area contributed by atoms with Gasteiger partial charge >= 0.3 is 0 Å². The summed E-state index contributed by atoms with van der Waals surface area (Å²) in [6.45, 7) is 2.05. The minimum Gasteiger partial charge on any atom is -0.172 e. The number of hydrogen-bond acceptors (Lipinski definition) is 2. The normalized spacial score (nSPS) is 9.80. The molecule has 0 aliphatic rings. The molecule has 1 aromatic rings. The van der Waals surface area contributed by atoms with Gasteiger partial charge in [0.2, 0.25) is 0 Å². The van der Waals surface area contributed by atoms with Crippen molar-refractivity contribution in [2.24, 2.45) is 0 Å². The van der Waals surface area contributed by atoms with Gasteiger partial charge < -0.3 is 0 Å². The van der Waals surface area contributed by atoms with E-state index in [4.69, 9.17) is 11.8 Å². The summed E-state index contributed by atoms with van der Waals surface area (Å²) in [5.74, 6) is 0. The van der Waals surface area contributed by atoms with Crippen LogP contribution in [0.3, 0.4) is 0 Å². The van der Waals surface area contributed by atoms with Crippen molar-refractivity contribution < 1.29 is 0 Å². The van der Waals surface area contributed by atoms with Crippen LogP contribution in [0, 0.1) is 6.92 Å². The molecule has 0 amide bonds. The monoisotopic (exact) mass is 173 g/mol. The first kappa shape index (κ1) is 7.92.